The molecule has 1 heterocycles. The van der Waals surface area contributed by atoms with Crippen molar-refractivity contribution in [3.63, 3.8) is 0 Å². The molecule has 0 saturated carbocycles. The number of carbonyl (C=O) groups excluding carboxylic acids is 1. The van der Waals surface area contributed by atoms with E-state index in [0.717, 1.165) is 6.42 Å². The Hall–Kier alpha value is -1.34. The topological polar surface area (TPSA) is 108 Å². The van der Waals surface area contributed by atoms with E-state index in [4.69, 9.17) is 14.9 Å². The minimum Gasteiger partial charge on any atom is -0.480 e. The van der Waals surface area contributed by atoms with Gasteiger partial charge in [-0.1, -0.05) is 0 Å². The normalized spacial score (nSPS) is 25.2. The summed E-state index contributed by atoms with van der Waals surface area (Å²) in [5, 5.41) is 22.6. The van der Waals surface area contributed by atoms with Crippen molar-refractivity contribution in [2.75, 3.05) is 13.2 Å². The second-order valence-electron chi connectivity index (χ2n) is 4.42. The number of carboxylic acids is 1. The average molecular weight is 260 g/mol. The molecule has 1 saturated heterocycles. The zero-order chi connectivity index (χ0) is 13.5. The molecule has 0 aromatic rings. The molecule has 0 aliphatic carbocycles. The molecule has 0 radical (unpaired) electrons. The zero-order valence-corrected chi connectivity index (χ0v) is 10.4. The number of aliphatic carboxylic acids is 1. The molecule has 1 aliphatic rings. The minimum atomic E-state index is -1.15. The third kappa shape index (κ3) is 4.89. The number of amides is 2. The summed E-state index contributed by atoms with van der Waals surface area (Å²) >= 11 is 0. The van der Waals surface area contributed by atoms with Crippen LogP contribution in [0.4, 0.5) is 4.79 Å². The van der Waals surface area contributed by atoms with E-state index in [1.165, 1.54) is 0 Å². The molecule has 0 bridgehead atoms. The molecule has 3 unspecified atom stereocenters. The highest BCUT2D eigenvalue weighted by atomic mass is 16.5. The maximum Gasteiger partial charge on any atom is 0.326 e. The van der Waals surface area contributed by atoms with Gasteiger partial charge in [0.2, 0.25) is 0 Å². The van der Waals surface area contributed by atoms with Gasteiger partial charge in [-0.25, -0.2) is 9.59 Å². The molecule has 7 heteroatoms. The molecule has 0 spiro atoms. The number of ether oxygens (including phenoxy) is 1. The van der Waals surface area contributed by atoms with Crippen LogP contribution in [0.25, 0.3) is 0 Å². The lowest BCUT2D eigenvalue weighted by Gasteiger charge is -2.28. The predicted octanol–water partition coefficient (Wildman–Crippen LogP) is -0.311. The molecule has 1 rings (SSSR count). The fourth-order valence-electron chi connectivity index (χ4n) is 1.90. The fourth-order valence-corrected chi connectivity index (χ4v) is 1.90. The molecule has 1 fully saturated rings. The van der Waals surface area contributed by atoms with Crippen molar-refractivity contribution >= 4 is 12.0 Å². The SMILES string of the molecule is CC1CC(NC(=O)NC(CCO)C(=O)O)CCO1. The van der Waals surface area contributed by atoms with E-state index in [0.29, 0.717) is 13.0 Å². The van der Waals surface area contributed by atoms with Crippen LogP contribution in [-0.4, -0.2) is 53.6 Å². The molecule has 0 aromatic heterocycles. The van der Waals surface area contributed by atoms with Crippen molar-refractivity contribution in [3.8, 4) is 0 Å². The number of urea groups is 1. The van der Waals surface area contributed by atoms with Gasteiger partial charge in [-0.3, -0.25) is 0 Å². The Bertz CT molecular complexity index is 297. The van der Waals surface area contributed by atoms with Gasteiger partial charge < -0.3 is 25.6 Å². The number of aliphatic hydroxyl groups is 1. The summed E-state index contributed by atoms with van der Waals surface area (Å²) in [5.74, 6) is -1.15. The van der Waals surface area contributed by atoms with E-state index in [1.807, 2.05) is 6.92 Å². The summed E-state index contributed by atoms with van der Waals surface area (Å²) in [7, 11) is 0. The smallest absolute Gasteiger partial charge is 0.326 e. The summed E-state index contributed by atoms with van der Waals surface area (Å²) in [5.41, 5.74) is 0. The van der Waals surface area contributed by atoms with Crippen LogP contribution in [0, 0.1) is 0 Å². The lowest BCUT2D eigenvalue weighted by atomic mass is 10.0. The van der Waals surface area contributed by atoms with Crippen molar-refractivity contribution in [2.24, 2.45) is 0 Å². The van der Waals surface area contributed by atoms with Gasteiger partial charge in [-0.2, -0.15) is 0 Å². The molecular weight excluding hydrogens is 240 g/mol. The van der Waals surface area contributed by atoms with Crippen LogP contribution in [0.15, 0.2) is 0 Å². The largest absolute Gasteiger partial charge is 0.480 e. The first-order valence-electron chi connectivity index (χ1n) is 6.05. The molecule has 1 aliphatic heterocycles. The van der Waals surface area contributed by atoms with Crippen LogP contribution in [0.5, 0.6) is 0 Å². The summed E-state index contributed by atoms with van der Waals surface area (Å²) < 4.78 is 5.35. The van der Waals surface area contributed by atoms with Gasteiger partial charge in [0.15, 0.2) is 0 Å². The van der Waals surface area contributed by atoms with Crippen molar-refractivity contribution in [1.82, 2.24) is 10.6 Å². The number of carbonyl (C=O) groups is 2. The van der Waals surface area contributed by atoms with Gasteiger partial charge in [0, 0.05) is 25.7 Å². The van der Waals surface area contributed by atoms with Crippen LogP contribution in [0.1, 0.15) is 26.2 Å². The lowest BCUT2D eigenvalue weighted by molar-refractivity contribution is -0.139. The number of hydrogen-bond donors (Lipinski definition) is 4. The summed E-state index contributed by atoms with van der Waals surface area (Å²) in [6.45, 7) is 2.23. The highest BCUT2D eigenvalue weighted by molar-refractivity contribution is 5.82. The number of carboxylic acid groups (broad SMARTS) is 1. The Balaban J connectivity index is 2.37. The number of hydrogen-bond acceptors (Lipinski definition) is 4. The Morgan fingerprint density at radius 2 is 2.22 bits per heavy atom. The van der Waals surface area contributed by atoms with E-state index in [1.54, 1.807) is 0 Å². The van der Waals surface area contributed by atoms with Gasteiger partial charge in [-0.05, 0) is 19.8 Å². The zero-order valence-electron chi connectivity index (χ0n) is 10.4. The number of aliphatic hydroxyl groups excluding tert-OH is 1. The van der Waals surface area contributed by atoms with Gasteiger partial charge in [-0.15, -0.1) is 0 Å². The standard InChI is InChI=1S/C11H20N2O5/c1-7-6-8(3-5-18-7)12-11(17)13-9(2-4-14)10(15)16/h7-9,14H,2-6H2,1H3,(H,15,16)(H2,12,13,17). The van der Waals surface area contributed by atoms with E-state index in [2.05, 4.69) is 10.6 Å². The molecule has 4 N–H and O–H groups in total. The molecule has 0 aromatic carbocycles. The molecule has 3 atom stereocenters. The monoisotopic (exact) mass is 260 g/mol. The predicted molar refractivity (Wildman–Crippen MR) is 63.2 cm³/mol. The van der Waals surface area contributed by atoms with Crippen LogP contribution < -0.4 is 10.6 Å². The van der Waals surface area contributed by atoms with Crippen molar-refractivity contribution in [3.05, 3.63) is 0 Å². The van der Waals surface area contributed by atoms with Crippen molar-refractivity contribution in [1.29, 1.82) is 0 Å². The van der Waals surface area contributed by atoms with Gasteiger partial charge >= 0.3 is 12.0 Å². The molecular formula is C11H20N2O5. The van der Waals surface area contributed by atoms with Gasteiger partial charge in [0.1, 0.15) is 6.04 Å². The number of rotatable bonds is 5. The van der Waals surface area contributed by atoms with E-state index in [9.17, 15) is 9.59 Å². The Kier molecular flexibility index (Phi) is 5.87. The third-order valence-electron chi connectivity index (χ3n) is 2.84. The summed E-state index contributed by atoms with van der Waals surface area (Å²) in [6, 6.07) is -1.58. The maximum absolute atomic E-state index is 11.6. The van der Waals surface area contributed by atoms with E-state index >= 15 is 0 Å². The average Bonchev–Trinajstić information content (AvgIpc) is 2.28. The first kappa shape index (κ1) is 14.7. The van der Waals surface area contributed by atoms with E-state index in [-0.39, 0.29) is 25.2 Å². The Morgan fingerprint density at radius 3 is 2.78 bits per heavy atom. The van der Waals surface area contributed by atoms with E-state index < -0.39 is 18.0 Å². The first-order chi connectivity index (χ1) is 8.52. The van der Waals surface area contributed by atoms with Crippen molar-refractivity contribution < 1.29 is 24.5 Å². The van der Waals surface area contributed by atoms with Gasteiger partial charge in [0.05, 0.1) is 6.10 Å². The lowest BCUT2D eigenvalue weighted by Crippen LogP contribution is -2.51. The van der Waals surface area contributed by atoms with Gasteiger partial charge in [0.25, 0.3) is 0 Å². The highest BCUT2D eigenvalue weighted by Crippen LogP contribution is 2.12. The quantitative estimate of drug-likeness (QED) is 0.542. The second kappa shape index (κ2) is 7.17. The molecule has 7 nitrogen and oxygen atoms in total. The third-order valence-corrected chi connectivity index (χ3v) is 2.84. The number of nitrogens with one attached hydrogen (secondary N) is 2. The minimum absolute atomic E-state index is 0.00248. The van der Waals surface area contributed by atoms with Crippen LogP contribution in [0.3, 0.4) is 0 Å². The Labute approximate surface area is 106 Å². The second-order valence-corrected chi connectivity index (χ2v) is 4.42. The molecule has 104 valence electrons. The van der Waals surface area contributed by atoms with Crippen LogP contribution in [-0.2, 0) is 9.53 Å². The van der Waals surface area contributed by atoms with Crippen molar-refractivity contribution in [2.45, 2.75) is 44.4 Å². The molecule has 2 amide bonds. The Morgan fingerprint density at radius 1 is 1.50 bits per heavy atom. The maximum atomic E-state index is 11.6. The fraction of sp³-hybridized carbons (Fsp3) is 0.818. The summed E-state index contributed by atoms with van der Waals surface area (Å²) in [6.07, 6.45) is 1.52. The van der Waals surface area contributed by atoms with Crippen LogP contribution >= 0.6 is 0 Å². The highest BCUT2D eigenvalue weighted by Gasteiger charge is 2.23. The summed E-state index contributed by atoms with van der Waals surface area (Å²) in [4.78, 5) is 22.4. The first-order valence-corrected chi connectivity index (χ1v) is 6.05. The molecule has 18 heavy (non-hydrogen) atoms. The van der Waals surface area contributed by atoms with Crippen LogP contribution in [0.2, 0.25) is 0 Å².